The summed E-state index contributed by atoms with van der Waals surface area (Å²) in [6.07, 6.45) is 6.14. The molecule has 0 aliphatic heterocycles. The van der Waals surface area contributed by atoms with Gasteiger partial charge in [-0.15, -0.1) is 5.73 Å². The van der Waals surface area contributed by atoms with Crippen molar-refractivity contribution in [2.45, 2.75) is 0 Å². The van der Waals surface area contributed by atoms with Crippen LogP contribution in [0.5, 0.6) is 0 Å². The molecule has 0 fully saturated rings. The molecule has 0 spiro atoms. The van der Waals surface area contributed by atoms with Crippen LogP contribution in [0.1, 0.15) is 0 Å². The summed E-state index contributed by atoms with van der Waals surface area (Å²) in [6.45, 7) is 3.33. The molecule has 0 saturated carbocycles. The van der Waals surface area contributed by atoms with E-state index in [1.807, 2.05) is 0 Å². The van der Waals surface area contributed by atoms with Gasteiger partial charge in [-0.05, 0) is 12.2 Å². The second kappa shape index (κ2) is 4.93. The Morgan fingerprint density at radius 2 is 2.14 bits per heavy atom. The first-order valence-electron chi connectivity index (χ1n) is 1.93. The minimum atomic E-state index is 1.20. The van der Waals surface area contributed by atoms with E-state index in [4.69, 9.17) is 5.41 Å². The molecule has 7 heavy (non-hydrogen) atoms. The third-order valence-electron chi connectivity index (χ3n) is 0.421. The number of hydrogen-bond donors (Lipinski definition) is 1. The van der Waals surface area contributed by atoms with E-state index in [1.54, 1.807) is 18.2 Å². The van der Waals surface area contributed by atoms with Crippen molar-refractivity contribution >= 4 is 6.21 Å². The highest BCUT2D eigenvalue weighted by Crippen LogP contribution is 1.66. The van der Waals surface area contributed by atoms with E-state index >= 15 is 0 Å². The van der Waals surface area contributed by atoms with Gasteiger partial charge in [0.2, 0.25) is 0 Å². The summed E-state index contributed by atoms with van der Waals surface area (Å²) in [5, 5.41) is 6.50. The van der Waals surface area contributed by atoms with Crippen LogP contribution in [-0.2, 0) is 0 Å². The molecular formula is C6H7N. The Labute approximate surface area is 43.2 Å². The van der Waals surface area contributed by atoms with Crippen molar-refractivity contribution in [1.29, 1.82) is 5.41 Å². The molecule has 1 heteroatoms. The zero-order valence-electron chi connectivity index (χ0n) is 4.02. The first-order valence-corrected chi connectivity index (χ1v) is 1.93. The van der Waals surface area contributed by atoms with Crippen molar-refractivity contribution < 1.29 is 0 Å². The third kappa shape index (κ3) is 4.93. The molecule has 0 aromatic heterocycles. The van der Waals surface area contributed by atoms with E-state index < -0.39 is 0 Å². The quantitative estimate of drug-likeness (QED) is 0.304. The van der Waals surface area contributed by atoms with Crippen LogP contribution >= 0.6 is 0 Å². The van der Waals surface area contributed by atoms with Gasteiger partial charge in [-0.25, -0.2) is 0 Å². The largest absolute Gasteiger partial charge is 0.309 e. The molecule has 1 N–H and O–H groups in total. The smallest absolute Gasteiger partial charge is 0.0177 e. The molecule has 0 bridgehead atoms. The van der Waals surface area contributed by atoms with Gasteiger partial charge in [0, 0.05) is 6.21 Å². The Hall–Kier alpha value is -1.07. The second-order valence-corrected chi connectivity index (χ2v) is 0.922. The Balaban J connectivity index is 3.47. The van der Waals surface area contributed by atoms with E-state index in [-0.39, 0.29) is 0 Å². The molecular weight excluding hydrogens is 86.1 g/mol. The summed E-state index contributed by atoms with van der Waals surface area (Å²) in [7, 11) is 0. The summed E-state index contributed by atoms with van der Waals surface area (Å²) < 4.78 is 0. The lowest BCUT2D eigenvalue weighted by molar-refractivity contribution is 1.58. The summed E-state index contributed by atoms with van der Waals surface area (Å²) in [6, 6.07) is 0. The molecule has 0 amide bonds. The zero-order valence-corrected chi connectivity index (χ0v) is 4.02. The molecule has 0 aromatic rings. The topological polar surface area (TPSA) is 23.9 Å². The summed E-state index contributed by atoms with van der Waals surface area (Å²) in [4.78, 5) is 0. The first-order chi connectivity index (χ1) is 3.41. The lowest BCUT2D eigenvalue weighted by Gasteiger charge is -1.60. The molecule has 0 rings (SSSR count). The lowest BCUT2D eigenvalue weighted by atomic mass is 10.5. The molecule has 0 saturated heterocycles. The van der Waals surface area contributed by atoms with Gasteiger partial charge in [-0.3, -0.25) is 0 Å². The maximum atomic E-state index is 6.50. The SMILES string of the molecule is C=C=C/C=C\C=N. The van der Waals surface area contributed by atoms with E-state index in [9.17, 15) is 0 Å². The van der Waals surface area contributed by atoms with Crippen molar-refractivity contribution in [2.24, 2.45) is 0 Å². The second-order valence-electron chi connectivity index (χ2n) is 0.922. The highest BCUT2D eigenvalue weighted by Gasteiger charge is 1.51. The Morgan fingerprint density at radius 1 is 1.43 bits per heavy atom. The average Bonchev–Trinajstić information content (AvgIpc) is 1.69. The fourth-order valence-electron chi connectivity index (χ4n) is 0.179. The standard InChI is InChI=1S/C6H7N/c1-2-3-4-5-6-7/h3-7H,1H2/b5-4-,7-6?. The van der Waals surface area contributed by atoms with Crippen LogP contribution in [0.15, 0.2) is 30.5 Å². The lowest BCUT2D eigenvalue weighted by Crippen LogP contribution is -1.50. The molecule has 0 radical (unpaired) electrons. The molecule has 0 aliphatic carbocycles. The molecule has 0 unspecified atom stereocenters. The van der Waals surface area contributed by atoms with Crippen LogP contribution in [0.4, 0.5) is 0 Å². The summed E-state index contributed by atoms with van der Waals surface area (Å²) in [5.74, 6) is 0. The van der Waals surface area contributed by atoms with Crippen LogP contribution in [-0.4, -0.2) is 6.21 Å². The maximum absolute atomic E-state index is 6.50. The van der Waals surface area contributed by atoms with Crippen LogP contribution in [0.2, 0.25) is 0 Å². The summed E-state index contributed by atoms with van der Waals surface area (Å²) in [5.41, 5.74) is 2.54. The highest BCUT2D eigenvalue weighted by atomic mass is 14.3. The fourth-order valence-corrected chi connectivity index (χ4v) is 0.179. The van der Waals surface area contributed by atoms with Crippen molar-refractivity contribution in [1.82, 2.24) is 0 Å². The number of allylic oxidation sites excluding steroid dienone is 3. The summed E-state index contributed by atoms with van der Waals surface area (Å²) >= 11 is 0. The molecule has 0 aliphatic rings. The van der Waals surface area contributed by atoms with Crippen molar-refractivity contribution in [2.75, 3.05) is 0 Å². The van der Waals surface area contributed by atoms with E-state index in [1.165, 1.54) is 6.21 Å². The van der Waals surface area contributed by atoms with Crippen molar-refractivity contribution in [3.05, 3.63) is 30.5 Å². The monoisotopic (exact) mass is 93.1 g/mol. The van der Waals surface area contributed by atoms with Gasteiger partial charge < -0.3 is 5.41 Å². The zero-order chi connectivity index (χ0) is 5.54. The van der Waals surface area contributed by atoms with Crippen molar-refractivity contribution in [3.63, 3.8) is 0 Å². The normalized spacial score (nSPS) is 8.00. The van der Waals surface area contributed by atoms with Gasteiger partial charge in [0.1, 0.15) is 0 Å². The minimum absolute atomic E-state index is 1.20. The number of nitrogens with one attached hydrogen (secondary N) is 1. The average molecular weight is 93.1 g/mol. The van der Waals surface area contributed by atoms with Gasteiger partial charge in [-0.1, -0.05) is 12.7 Å². The predicted molar refractivity (Wildman–Crippen MR) is 31.6 cm³/mol. The number of hydrogen-bond acceptors (Lipinski definition) is 1. The Kier molecular flexibility index (Phi) is 4.18. The third-order valence-corrected chi connectivity index (χ3v) is 0.421. The van der Waals surface area contributed by atoms with Gasteiger partial charge in [0.15, 0.2) is 0 Å². The molecule has 0 heterocycles. The van der Waals surface area contributed by atoms with E-state index in [0.29, 0.717) is 0 Å². The first kappa shape index (κ1) is 5.93. The van der Waals surface area contributed by atoms with Crippen molar-refractivity contribution in [3.8, 4) is 0 Å². The van der Waals surface area contributed by atoms with Crippen LogP contribution < -0.4 is 0 Å². The van der Waals surface area contributed by atoms with Gasteiger partial charge in [-0.2, -0.15) is 0 Å². The van der Waals surface area contributed by atoms with Gasteiger partial charge in [0.05, 0.1) is 0 Å². The molecule has 1 nitrogen and oxygen atoms in total. The van der Waals surface area contributed by atoms with E-state index in [2.05, 4.69) is 12.3 Å². The Morgan fingerprint density at radius 3 is 2.57 bits per heavy atom. The molecule has 0 aromatic carbocycles. The fraction of sp³-hybridized carbons (Fsp3) is 0. The van der Waals surface area contributed by atoms with Gasteiger partial charge >= 0.3 is 0 Å². The van der Waals surface area contributed by atoms with Crippen LogP contribution in [0.3, 0.4) is 0 Å². The highest BCUT2D eigenvalue weighted by molar-refractivity contribution is 5.67. The van der Waals surface area contributed by atoms with Crippen LogP contribution in [0.25, 0.3) is 0 Å². The Bertz CT molecular complexity index is 116. The predicted octanol–water partition coefficient (Wildman–Crippen LogP) is 1.53. The minimum Gasteiger partial charge on any atom is -0.309 e. The number of rotatable bonds is 2. The van der Waals surface area contributed by atoms with Crippen LogP contribution in [0, 0.1) is 5.41 Å². The molecule has 36 valence electrons. The van der Waals surface area contributed by atoms with Gasteiger partial charge in [0.25, 0.3) is 0 Å². The van der Waals surface area contributed by atoms with E-state index in [0.717, 1.165) is 0 Å². The molecule has 0 atom stereocenters. The maximum Gasteiger partial charge on any atom is 0.0177 e.